The molecule has 0 aliphatic heterocycles. The van der Waals surface area contributed by atoms with Crippen molar-refractivity contribution in [2.45, 2.75) is 0 Å². The van der Waals surface area contributed by atoms with Gasteiger partial charge in [0.1, 0.15) is 0 Å². The summed E-state index contributed by atoms with van der Waals surface area (Å²) in [6, 6.07) is 0.581. The van der Waals surface area contributed by atoms with Gasteiger partial charge in [-0.3, -0.25) is 14.9 Å². The van der Waals surface area contributed by atoms with Crippen LogP contribution in [0.15, 0.2) is 24.5 Å². The molecule has 0 aliphatic rings. The minimum absolute atomic E-state index is 0.174. The first-order valence-corrected chi connectivity index (χ1v) is 5.10. The Kier molecular flexibility index (Phi) is 3.60. The molecule has 7 nitrogen and oxygen atoms in total. The fourth-order valence-electron chi connectivity index (χ4n) is 1.27. The lowest BCUT2D eigenvalue weighted by atomic mass is 10.3. The maximum atomic E-state index is 13.5. The van der Waals surface area contributed by atoms with E-state index in [4.69, 9.17) is 4.74 Å². The van der Waals surface area contributed by atoms with Gasteiger partial charge in [0.15, 0.2) is 17.9 Å². The SMILES string of the molecule is O=Cc1cnc(Oc2cc(F)c([N+](=O)[O-])cc2F)nc1. The van der Waals surface area contributed by atoms with Crippen LogP contribution in [-0.4, -0.2) is 21.2 Å². The molecule has 0 atom stereocenters. The summed E-state index contributed by atoms with van der Waals surface area (Å²) in [4.78, 5) is 26.9. The molecular formula is C11H5F2N3O4. The van der Waals surface area contributed by atoms with E-state index in [1.54, 1.807) is 0 Å². The van der Waals surface area contributed by atoms with E-state index in [0.717, 1.165) is 12.4 Å². The number of rotatable bonds is 4. The summed E-state index contributed by atoms with van der Waals surface area (Å²) in [7, 11) is 0. The third kappa shape index (κ3) is 2.71. The van der Waals surface area contributed by atoms with Gasteiger partial charge in [-0.1, -0.05) is 0 Å². The van der Waals surface area contributed by atoms with Gasteiger partial charge in [-0.25, -0.2) is 14.4 Å². The molecule has 0 bridgehead atoms. The highest BCUT2D eigenvalue weighted by molar-refractivity contribution is 5.73. The molecule has 0 saturated heterocycles. The van der Waals surface area contributed by atoms with E-state index >= 15 is 0 Å². The predicted octanol–water partition coefficient (Wildman–Crippen LogP) is 2.27. The first-order chi connectivity index (χ1) is 9.51. The number of carbonyl (C=O) groups excluding carboxylic acids is 1. The van der Waals surface area contributed by atoms with Crippen molar-refractivity contribution in [1.29, 1.82) is 0 Å². The fourth-order valence-corrected chi connectivity index (χ4v) is 1.27. The van der Waals surface area contributed by atoms with E-state index in [2.05, 4.69) is 9.97 Å². The molecule has 0 N–H and O–H groups in total. The van der Waals surface area contributed by atoms with Crippen molar-refractivity contribution in [3.8, 4) is 11.8 Å². The van der Waals surface area contributed by atoms with E-state index in [0.29, 0.717) is 18.4 Å². The van der Waals surface area contributed by atoms with Crippen molar-refractivity contribution in [2.24, 2.45) is 0 Å². The van der Waals surface area contributed by atoms with Crippen molar-refractivity contribution < 1.29 is 23.2 Å². The summed E-state index contributed by atoms with van der Waals surface area (Å²) >= 11 is 0. The molecule has 9 heteroatoms. The van der Waals surface area contributed by atoms with Gasteiger partial charge in [0.25, 0.3) is 0 Å². The molecule has 0 amide bonds. The lowest BCUT2D eigenvalue weighted by molar-refractivity contribution is -0.387. The minimum atomic E-state index is -1.25. The average Bonchev–Trinajstić information content (AvgIpc) is 2.43. The summed E-state index contributed by atoms with van der Waals surface area (Å²) in [5.74, 6) is -3.00. The van der Waals surface area contributed by atoms with E-state index < -0.39 is 28.0 Å². The van der Waals surface area contributed by atoms with E-state index in [1.807, 2.05) is 0 Å². The number of aromatic nitrogens is 2. The number of benzene rings is 1. The molecule has 0 radical (unpaired) electrons. The first kappa shape index (κ1) is 13.5. The van der Waals surface area contributed by atoms with Gasteiger partial charge in [0.05, 0.1) is 16.6 Å². The maximum Gasteiger partial charge on any atom is 0.322 e. The number of nitro groups is 1. The van der Waals surface area contributed by atoms with Gasteiger partial charge in [-0.2, -0.15) is 4.39 Å². The highest BCUT2D eigenvalue weighted by Crippen LogP contribution is 2.28. The van der Waals surface area contributed by atoms with Crippen LogP contribution in [-0.2, 0) is 0 Å². The van der Waals surface area contributed by atoms with Crippen molar-refractivity contribution >= 4 is 12.0 Å². The zero-order valence-corrected chi connectivity index (χ0v) is 9.62. The van der Waals surface area contributed by atoms with Gasteiger partial charge in [0, 0.05) is 18.5 Å². The average molecular weight is 281 g/mol. The Bertz CT molecular complexity index is 676. The molecular weight excluding hydrogens is 276 g/mol. The zero-order chi connectivity index (χ0) is 14.7. The monoisotopic (exact) mass is 281 g/mol. The van der Waals surface area contributed by atoms with Crippen LogP contribution < -0.4 is 4.74 Å². The number of nitro benzene ring substituents is 1. The van der Waals surface area contributed by atoms with E-state index in [9.17, 15) is 23.7 Å². The van der Waals surface area contributed by atoms with Crippen LogP contribution >= 0.6 is 0 Å². The molecule has 0 spiro atoms. The number of hydrogen-bond acceptors (Lipinski definition) is 6. The summed E-state index contributed by atoms with van der Waals surface area (Å²) in [6.07, 6.45) is 2.74. The lowest BCUT2D eigenvalue weighted by Crippen LogP contribution is -1.98. The highest BCUT2D eigenvalue weighted by atomic mass is 19.1. The Morgan fingerprint density at radius 1 is 1.20 bits per heavy atom. The minimum Gasteiger partial charge on any atom is -0.421 e. The largest absolute Gasteiger partial charge is 0.421 e. The van der Waals surface area contributed by atoms with Crippen LogP contribution in [0.1, 0.15) is 10.4 Å². The Balaban J connectivity index is 2.31. The summed E-state index contributed by atoms with van der Waals surface area (Å²) in [5, 5.41) is 10.4. The fraction of sp³-hybridized carbons (Fsp3) is 0. The van der Waals surface area contributed by atoms with E-state index in [-0.39, 0.29) is 11.6 Å². The van der Waals surface area contributed by atoms with Crippen LogP contribution in [0, 0.1) is 21.7 Å². The van der Waals surface area contributed by atoms with Crippen LogP contribution in [0.5, 0.6) is 11.8 Å². The zero-order valence-electron chi connectivity index (χ0n) is 9.62. The van der Waals surface area contributed by atoms with E-state index in [1.165, 1.54) is 0 Å². The number of hydrogen-bond donors (Lipinski definition) is 0. The maximum absolute atomic E-state index is 13.5. The normalized spacial score (nSPS) is 10.1. The topological polar surface area (TPSA) is 95.2 Å². The lowest BCUT2D eigenvalue weighted by Gasteiger charge is -2.05. The third-order valence-corrected chi connectivity index (χ3v) is 2.18. The molecule has 0 fully saturated rings. The van der Waals surface area contributed by atoms with Gasteiger partial charge < -0.3 is 4.74 Å². The number of aldehydes is 1. The molecule has 2 aromatic rings. The standard InChI is InChI=1S/C11H5F2N3O4/c12-7-2-10(8(13)1-9(7)16(18)19)20-11-14-3-6(5-17)4-15-11/h1-5H. The molecule has 1 aromatic heterocycles. The molecule has 0 unspecified atom stereocenters. The van der Waals surface area contributed by atoms with Crippen molar-refractivity contribution in [3.05, 3.63) is 51.8 Å². The molecule has 0 aliphatic carbocycles. The van der Waals surface area contributed by atoms with Crippen LogP contribution in [0.2, 0.25) is 0 Å². The molecule has 102 valence electrons. The van der Waals surface area contributed by atoms with Crippen molar-refractivity contribution in [2.75, 3.05) is 0 Å². The second-order valence-electron chi connectivity index (χ2n) is 3.51. The molecule has 1 aromatic carbocycles. The Morgan fingerprint density at radius 2 is 1.85 bits per heavy atom. The van der Waals surface area contributed by atoms with Crippen LogP contribution in [0.3, 0.4) is 0 Å². The van der Waals surface area contributed by atoms with Gasteiger partial charge >= 0.3 is 11.7 Å². The van der Waals surface area contributed by atoms with Crippen molar-refractivity contribution in [3.63, 3.8) is 0 Å². The number of halogens is 2. The second kappa shape index (κ2) is 5.34. The summed E-state index contributed by atoms with van der Waals surface area (Å²) in [6.45, 7) is 0. The number of ether oxygens (including phenoxy) is 1. The van der Waals surface area contributed by atoms with Gasteiger partial charge in [-0.15, -0.1) is 0 Å². The van der Waals surface area contributed by atoms with Crippen molar-refractivity contribution in [1.82, 2.24) is 9.97 Å². The quantitative estimate of drug-likeness (QED) is 0.484. The number of nitrogens with zero attached hydrogens (tertiary/aromatic N) is 3. The molecule has 2 rings (SSSR count). The van der Waals surface area contributed by atoms with Crippen LogP contribution in [0.25, 0.3) is 0 Å². The highest BCUT2D eigenvalue weighted by Gasteiger charge is 2.20. The van der Waals surface area contributed by atoms with Gasteiger partial charge in [-0.05, 0) is 0 Å². The summed E-state index contributed by atoms with van der Waals surface area (Å²) in [5.41, 5.74) is -0.834. The Labute approximate surface area is 110 Å². The molecule has 20 heavy (non-hydrogen) atoms. The third-order valence-electron chi connectivity index (χ3n) is 2.18. The second-order valence-corrected chi connectivity index (χ2v) is 3.51. The van der Waals surface area contributed by atoms with Crippen LogP contribution in [0.4, 0.5) is 14.5 Å². The van der Waals surface area contributed by atoms with Gasteiger partial charge in [0.2, 0.25) is 5.82 Å². The number of carbonyl (C=O) groups is 1. The first-order valence-electron chi connectivity index (χ1n) is 5.10. The smallest absolute Gasteiger partial charge is 0.322 e. The Hall–Kier alpha value is -2.97. The molecule has 0 saturated carbocycles. The predicted molar refractivity (Wildman–Crippen MR) is 60.5 cm³/mol. The molecule has 1 heterocycles. The summed E-state index contributed by atoms with van der Waals surface area (Å²) < 4.78 is 31.7. The Morgan fingerprint density at radius 3 is 2.40 bits per heavy atom.